The van der Waals surface area contributed by atoms with Crippen molar-refractivity contribution in [1.29, 1.82) is 0 Å². The summed E-state index contributed by atoms with van der Waals surface area (Å²) < 4.78 is 0. The number of phenolic OH excluding ortho intramolecular Hbond substituents is 1. The van der Waals surface area contributed by atoms with Crippen molar-refractivity contribution in [2.24, 2.45) is 5.10 Å². The standard InChI is InChI=1S/C14H10ClN3O4/c15-12-4-2-1-3-11(12)14(20)17-16-8-9-7-10(18(21)22)5-6-13(9)19/h1-8,19H,(H,17,20)/b16-8-. The Morgan fingerprint density at radius 2 is 2.05 bits per heavy atom. The summed E-state index contributed by atoms with van der Waals surface area (Å²) in [6.07, 6.45) is 1.11. The molecule has 7 nitrogen and oxygen atoms in total. The van der Waals surface area contributed by atoms with Crippen LogP contribution in [0.4, 0.5) is 5.69 Å². The summed E-state index contributed by atoms with van der Waals surface area (Å²) in [5.41, 5.74) is 2.38. The van der Waals surface area contributed by atoms with Crippen LogP contribution < -0.4 is 5.43 Å². The van der Waals surface area contributed by atoms with Crippen LogP contribution in [0.3, 0.4) is 0 Å². The van der Waals surface area contributed by atoms with Gasteiger partial charge in [-0.15, -0.1) is 0 Å². The zero-order valence-corrected chi connectivity index (χ0v) is 11.8. The van der Waals surface area contributed by atoms with Crippen LogP contribution in [0.15, 0.2) is 47.6 Å². The number of halogens is 1. The first-order valence-electron chi connectivity index (χ1n) is 6.04. The number of rotatable bonds is 4. The zero-order valence-electron chi connectivity index (χ0n) is 11.1. The molecular weight excluding hydrogens is 310 g/mol. The number of hydrogen-bond donors (Lipinski definition) is 2. The number of amides is 1. The van der Waals surface area contributed by atoms with Gasteiger partial charge in [-0.05, 0) is 18.2 Å². The predicted octanol–water partition coefficient (Wildman–Crippen LogP) is 2.72. The maximum atomic E-state index is 11.8. The third-order valence-corrected chi connectivity index (χ3v) is 3.04. The Hall–Kier alpha value is -2.93. The molecule has 0 aliphatic heterocycles. The second-order valence-corrected chi connectivity index (χ2v) is 4.59. The summed E-state index contributed by atoms with van der Waals surface area (Å²) >= 11 is 5.87. The lowest BCUT2D eigenvalue weighted by atomic mass is 10.2. The fraction of sp³-hybridized carbons (Fsp3) is 0. The van der Waals surface area contributed by atoms with Gasteiger partial charge in [0.15, 0.2) is 0 Å². The topological polar surface area (TPSA) is 105 Å². The highest BCUT2D eigenvalue weighted by Crippen LogP contribution is 2.21. The van der Waals surface area contributed by atoms with Gasteiger partial charge in [-0.25, -0.2) is 5.43 Å². The van der Waals surface area contributed by atoms with Gasteiger partial charge in [-0.3, -0.25) is 14.9 Å². The average Bonchev–Trinajstić information content (AvgIpc) is 2.49. The second-order valence-electron chi connectivity index (χ2n) is 4.18. The van der Waals surface area contributed by atoms with E-state index in [1.807, 2.05) is 0 Å². The van der Waals surface area contributed by atoms with E-state index >= 15 is 0 Å². The maximum absolute atomic E-state index is 11.8. The van der Waals surface area contributed by atoms with E-state index in [1.54, 1.807) is 18.2 Å². The summed E-state index contributed by atoms with van der Waals surface area (Å²) in [4.78, 5) is 21.9. The molecule has 2 rings (SSSR count). The first-order valence-corrected chi connectivity index (χ1v) is 6.42. The Kier molecular flexibility index (Phi) is 4.70. The second kappa shape index (κ2) is 6.68. The van der Waals surface area contributed by atoms with E-state index < -0.39 is 10.8 Å². The molecule has 0 fully saturated rings. The summed E-state index contributed by atoms with van der Waals surface area (Å²) in [6.45, 7) is 0. The van der Waals surface area contributed by atoms with Crippen LogP contribution in [0.25, 0.3) is 0 Å². The molecule has 0 spiro atoms. The summed E-state index contributed by atoms with van der Waals surface area (Å²) in [5, 5.41) is 24.2. The van der Waals surface area contributed by atoms with E-state index in [4.69, 9.17) is 11.6 Å². The molecule has 0 heterocycles. The Labute approximate surface area is 130 Å². The number of hydrazone groups is 1. The molecule has 8 heteroatoms. The van der Waals surface area contributed by atoms with E-state index in [0.29, 0.717) is 0 Å². The van der Waals surface area contributed by atoms with Gasteiger partial charge >= 0.3 is 0 Å². The minimum atomic E-state index is -0.598. The number of aromatic hydroxyl groups is 1. The van der Waals surface area contributed by atoms with Gasteiger partial charge in [-0.1, -0.05) is 23.7 Å². The molecule has 2 aromatic carbocycles. The van der Waals surface area contributed by atoms with Crippen LogP contribution in [0.1, 0.15) is 15.9 Å². The molecule has 0 aliphatic rings. The van der Waals surface area contributed by atoms with Gasteiger partial charge in [0, 0.05) is 17.7 Å². The SMILES string of the molecule is O=C(N/N=C\c1cc([N+](=O)[O-])ccc1O)c1ccccc1Cl. The quantitative estimate of drug-likeness (QED) is 0.513. The summed E-state index contributed by atoms with van der Waals surface area (Å²) in [6, 6.07) is 9.90. The first-order chi connectivity index (χ1) is 10.5. The Bertz CT molecular complexity index is 762. The van der Waals surface area contributed by atoms with Crippen molar-refractivity contribution in [3.63, 3.8) is 0 Å². The number of nitrogens with one attached hydrogen (secondary N) is 1. The number of phenols is 1. The Balaban J connectivity index is 2.13. The minimum absolute atomic E-state index is 0.105. The molecule has 0 aliphatic carbocycles. The molecule has 22 heavy (non-hydrogen) atoms. The van der Waals surface area contributed by atoms with Gasteiger partial charge in [-0.2, -0.15) is 5.10 Å². The van der Waals surface area contributed by atoms with Crippen molar-refractivity contribution < 1.29 is 14.8 Å². The number of nitrogens with zero attached hydrogens (tertiary/aromatic N) is 2. The lowest BCUT2D eigenvalue weighted by Crippen LogP contribution is -2.17. The lowest BCUT2D eigenvalue weighted by molar-refractivity contribution is -0.384. The van der Waals surface area contributed by atoms with Crippen molar-refractivity contribution in [3.8, 4) is 5.75 Å². The molecule has 0 saturated heterocycles. The number of carbonyl (C=O) groups is 1. The fourth-order valence-electron chi connectivity index (χ4n) is 1.62. The number of hydrogen-bond acceptors (Lipinski definition) is 5. The molecule has 112 valence electrons. The third-order valence-electron chi connectivity index (χ3n) is 2.71. The smallest absolute Gasteiger partial charge is 0.272 e. The average molecular weight is 320 g/mol. The molecule has 2 aromatic rings. The predicted molar refractivity (Wildman–Crippen MR) is 81.3 cm³/mol. The fourth-order valence-corrected chi connectivity index (χ4v) is 1.85. The van der Waals surface area contributed by atoms with E-state index in [-0.39, 0.29) is 27.6 Å². The Morgan fingerprint density at radius 1 is 1.32 bits per heavy atom. The van der Waals surface area contributed by atoms with E-state index in [9.17, 15) is 20.0 Å². The van der Waals surface area contributed by atoms with Crippen LogP contribution in [0, 0.1) is 10.1 Å². The van der Waals surface area contributed by atoms with Crippen LogP contribution >= 0.6 is 11.6 Å². The summed E-state index contributed by atoms with van der Waals surface area (Å²) in [5.74, 6) is -0.729. The number of carbonyl (C=O) groups excluding carboxylic acids is 1. The van der Waals surface area contributed by atoms with Crippen molar-refractivity contribution in [1.82, 2.24) is 5.43 Å². The number of non-ortho nitro benzene ring substituents is 1. The Morgan fingerprint density at radius 3 is 2.73 bits per heavy atom. The normalized spacial score (nSPS) is 10.6. The van der Waals surface area contributed by atoms with Crippen LogP contribution in [-0.2, 0) is 0 Å². The highest BCUT2D eigenvalue weighted by Gasteiger charge is 2.10. The van der Waals surface area contributed by atoms with Crippen LogP contribution in [0.5, 0.6) is 5.75 Å². The molecule has 0 radical (unpaired) electrons. The van der Waals surface area contributed by atoms with Crippen molar-refractivity contribution >= 4 is 29.4 Å². The molecular formula is C14H10ClN3O4. The van der Waals surface area contributed by atoms with Crippen molar-refractivity contribution in [2.75, 3.05) is 0 Å². The molecule has 0 bridgehead atoms. The molecule has 1 amide bonds. The largest absolute Gasteiger partial charge is 0.507 e. The first kappa shape index (κ1) is 15.5. The highest BCUT2D eigenvalue weighted by molar-refractivity contribution is 6.33. The molecule has 0 unspecified atom stereocenters. The van der Waals surface area contributed by atoms with Gasteiger partial charge < -0.3 is 5.11 Å². The third kappa shape index (κ3) is 3.58. The van der Waals surface area contributed by atoms with Crippen LogP contribution in [-0.4, -0.2) is 22.2 Å². The maximum Gasteiger partial charge on any atom is 0.272 e. The van der Waals surface area contributed by atoms with Crippen LogP contribution in [0.2, 0.25) is 5.02 Å². The van der Waals surface area contributed by atoms with Gasteiger partial charge in [0.1, 0.15) is 5.75 Å². The molecule has 2 N–H and O–H groups in total. The monoisotopic (exact) mass is 319 g/mol. The van der Waals surface area contributed by atoms with Gasteiger partial charge in [0.2, 0.25) is 0 Å². The van der Waals surface area contributed by atoms with Gasteiger partial charge in [0.25, 0.3) is 11.6 Å². The van der Waals surface area contributed by atoms with E-state index in [1.165, 1.54) is 12.1 Å². The molecule has 0 aromatic heterocycles. The van der Waals surface area contributed by atoms with Crippen molar-refractivity contribution in [2.45, 2.75) is 0 Å². The molecule has 0 saturated carbocycles. The molecule has 0 atom stereocenters. The van der Waals surface area contributed by atoms with E-state index in [2.05, 4.69) is 10.5 Å². The highest BCUT2D eigenvalue weighted by atomic mass is 35.5. The number of nitro groups is 1. The number of benzene rings is 2. The van der Waals surface area contributed by atoms with Gasteiger partial charge in [0.05, 0.1) is 21.7 Å². The number of nitro benzene ring substituents is 1. The summed E-state index contributed by atoms with van der Waals surface area (Å²) in [7, 11) is 0. The van der Waals surface area contributed by atoms with E-state index in [0.717, 1.165) is 18.3 Å². The minimum Gasteiger partial charge on any atom is -0.507 e. The zero-order chi connectivity index (χ0) is 16.1. The van der Waals surface area contributed by atoms with Crippen molar-refractivity contribution in [3.05, 3.63) is 68.7 Å². The lowest BCUT2D eigenvalue weighted by Gasteiger charge is -2.02.